The van der Waals surface area contributed by atoms with Crippen LogP contribution < -0.4 is 5.32 Å². The highest BCUT2D eigenvalue weighted by atomic mass is 79.9. The van der Waals surface area contributed by atoms with E-state index in [9.17, 15) is 0 Å². The Hall–Kier alpha value is -0.380. The van der Waals surface area contributed by atoms with Gasteiger partial charge in [-0.3, -0.25) is 4.90 Å². The maximum absolute atomic E-state index is 3.71. The molecule has 1 aromatic rings. The number of rotatable bonds is 8. The number of hydrogen-bond donors (Lipinski definition) is 1. The maximum atomic E-state index is 3.71. The zero-order chi connectivity index (χ0) is 14.3. The molecule has 0 aromatic heterocycles. The number of halogens is 1. The molecule has 19 heavy (non-hydrogen) atoms. The van der Waals surface area contributed by atoms with Crippen molar-refractivity contribution in [1.29, 1.82) is 0 Å². The molecule has 0 radical (unpaired) electrons. The molecular weight excluding hydrogens is 300 g/mol. The Balaban J connectivity index is 2.65. The van der Waals surface area contributed by atoms with Crippen LogP contribution in [0.2, 0.25) is 0 Å². The zero-order valence-electron chi connectivity index (χ0n) is 12.7. The standard InChI is InChI=1S/C16H27BrN2/c1-5-9-19(6-2)12-15-8-7-14(10-16(15)17)11-18-13(3)4/h7-8,10,13,18H,5-6,9,11-12H2,1-4H3. The highest BCUT2D eigenvalue weighted by molar-refractivity contribution is 9.10. The summed E-state index contributed by atoms with van der Waals surface area (Å²) in [4.78, 5) is 2.48. The van der Waals surface area contributed by atoms with Crippen LogP contribution >= 0.6 is 15.9 Å². The van der Waals surface area contributed by atoms with Gasteiger partial charge in [0.1, 0.15) is 0 Å². The summed E-state index contributed by atoms with van der Waals surface area (Å²) in [5.74, 6) is 0. The second-order valence-corrected chi connectivity index (χ2v) is 6.18. The van der Waals surface area contributed by atoms with E-state index in [1.165, 1.54) is 28.6 Å². The van der Waals surface area contributed by atoms with Crippen LogP contribution in [0.25, 0.3) is 0 Å². The third kappa shape index (κ3) is 6.07. The van der Waals surface area contributed by atoms with Crippen molar-refractivity contribution in [1.82, 2.24) is 10.2 Å². The minimum absolute atomic E-state index is 0.526. The summed E-state index contributed by atoms with van der Waals surface area (Å²) in [7, 11) is 0. The molecule has 0 amide bonds. The summed E-state index contributed by atoms with van der Waals surface area (Å²) >= 11 is 3.71. The quantitative estimate of drug-likeness (QED) is 0.770. The van der Waals surface area contributed by atoms with Crippen LogP contribution in [0, 0.1) is 0 Å². The molecule has 3 heteroatoms. The van der Waals surface area contributed by atoms with Crippen molar-refractivity contribution in [2.75, 3.05) is 13.1 Å². The summed E-state index contributed by atoms with van der Waals surface area (Å²) < 4.78 is 1.23. The molecule has 0 aliphatic rings. The van der Waals surface area contributed by atoms with Crippen LogP contribution in [0.15, 0.2) is 22.7 Å². The molecule has 0 heterocycles. The first-order valence-electron chi connectivity index (χ1n) is 7.29. The van der Waals surface area contributed by atoms with Crippen LogP contribution in [-0.4, -0.2) is 24.0 Å². The molecule has 0 unspecified atom stereocenters. The van der Waals surface area contributed by atoms with E-state index in [0.29, 0.717) is 6.04 Å². The summed E-state index contributed by atoms with van der Waals surface area (Å²) in [5, 5.41) is 3.45. The molecule has 108 valence electrons. The van der Waals surface area contributed by atoms with Gasteiger partial charge in [-0.2, -0.15) is 0 Å². The van der Waals surface area contributed by atoms with Gasteiger partial charge in [-0.1, -0.05) is 55.8 Å². The van der Waals surface area contributed by atoms with E-state index in [-0.39, 0.29) is 0 Å². The minimum atomic E-state index is 0.526. The predicted octanol–water partition coefficient (Wildman–Crippen LogP) is 4.18. The van der Waals surface area contributed by atoms with Crippen molar-refractivity contribution in [3.8, 4) is 0 Å². The fourth-order valence-electron chi connectivity index (χ4n) is 2.06. The number of benzene rings is 1. The smallest absolute Gasteiger partial charge is 0.0244 e. The molecule has 1 aromatic carbocycles. The van der Waals surface area contributed by atoms with Crippen LogP contribution in [0.3, 0.4) is 0 Å². The molecule has 0 saturated heterocycles. The second kappa shape index (κ2) is 8.72. The van der Waals surface area contributed by atoms with Crippen molar-refractivity contribution in [3.63, 3.8) is 0 Å². The van der Waals surface area contributed by atoms with Crippen LogP contribution in [0.5, 0.6) is 0 Å². The lowest BCUT2D eigenvalue weighted by molar-refractivity contribution is 0.280. The van der Waals surface area contributed by atoms with Gasteiger partial charge in [0.15, 0.2) is 0 Å². The molecule has 0 bridgehead atoms. The fourth-order valence-corrected chi connectivity index (χ4v) is 2.61. The third-order valence-electron chi connectivity index (χ3n) is 3.21. The van der Waals surface area contributed by atoms with E-state index >= 15 is 0 Å². The molecule has 0 aliphatic carbocycles. The Kier molecular flexibility index (Phi) is 7.66. The van der Waals surface area contributed by atoms with Crippen LogP contribution in [-0.2, 0) is 13.1 Å². The predicted molar refractivity (Wildman–Crippen MR) is 87.4 cm³/mol. The Morgan fingerprint density at radius 2 is 2.00 bits per heavy atom. The number of nitrogens with one attached hydrogen (secondary N) is 1. The molecule has 2 nitrogen and oxygen atoms in total. The molecule has 0 atom stereocenters. The highest BCUT2D eigenvalue weighted by Gasteiger charge is 2.07. The minimum Gasteiger partial charge on any atom is -0.310 e. The maximum Gasteiger partial charge on any atom is 0.0244 e. The molecular formula is C16H27BrN2. The second-order valence-electron chi connectivity index (χ2n) is 5.33. The summed E-state index contributed by atoms with van der Waals surface area (Å²) in [5.41, 5.74) is 2.71. The summed E-state index contributed by atoms with van der Waals surface area (Å²) in [6.07, 6.45) is 1.21. The van der Waals surface area contributed by atoms with Gasteiger partial charge in [0.2, 0.25) is 0 Å². The van der Waals surface area contributed by atoms with Crippen molar-refractivity contribution in [3.05, 3.63) is 33.8 Å². The molecule has 0 saturated carbocycles. The van der Waals surface area contributed by atoms with Gasteiger partial charge in [-0.15, -0.1) is 0 Å². The van der Waals surface area contributed by atoms with Crippen molar-refractivity contribution in [2.24, 2.45) is 0 Å². The fraction of sp³-hybridized carbons (Fsp3) is 0.625. The first kappa shape index (κ1) is 16.7. The molecule has 0 fully saturated rings. The van der Waals surface area contributed by atoms with Gasteiger partial charge in [0, 0.05) is 23.6 Å². The van der Waals surface area contributed by atoms with Gasteiger partial charge >= 0.3 is 0 Å². The summed E-state index contributed by atoms with van der Waals surface area (Å²) in [6.45, 7) is 13.0. The topological polar surface area (TPSA) is 15.3 Å². The lowest BCUT2D eigenvalue weighted by atomic mass is 10.1. The Morgan fingerprint density at radius 3 is 2.53 bits per heavy atom. The van der Waals surface area contributed by atoms with Gasteiger partial charge in [-0.05, 0) is 36.7 Å². The highest BCUT2D eigenvalue weighted by Crippen LogP contribution is 2.20. The zero-order valence-corrected chi connectivity index (χ0v) is 14.3. The first-order chi connectivity index (χ1) is 9.06. The van der Waals surface area contributed by atoms with E-state index in [0.717, 1.165) is 19.6 Å². The van der Waals surface area contributed by atoms with Crippen molar-refractivity contribution < 1.29 is 0 Å². The van der Waals surface area contributed by atoms with E-state index in [1.54, 1.807) is 0 Å². The van der Waals surface area contributed by atoms with Gasteiger partial charge in [0.05, 0.1) is 0 Å². The molecule has 1 rings (SSSR count). The van der Waals surface area contributed by atoms with Gasteiger partial charge in [-0.25, -0.2) is 0 Å². The van der Waals surface area contributed by atoms with Crippen LogP contribution in [0.1, 0.15) is 45.2 Å². The third-order valence-corrected chi connectivity index (χ3v) is 3.95. The molecule has 0 aliphatic heterocycles. The molecule has 1 N–H and O–H groups in total. The SMILES string of the molecule is CCCN(CC)Cc1ccc(CNC(C)C)cc1Br. The van der Waals surface area contributed by atoms with E-state index in [4.69, 9.17) is 0 Å². The Morgan fingerprint density at radius 1 is 1.26 bits per heavy atom. The van der Waals surface area contributed by atoms with E-state index < -0.39 is 0 Å². The Bertz CT molecular complexity index is 377. The number of nitrogens with zero attached hydrogens (tertiary/aromatic N) is 1. The van der Waals surface area contributed by atoms with Crippen molar-refractivity contribution >= 4 is 15.9 Å². The average molecular weight is 327 g/mol. The lowest BCUT2D eigenvalue weighted by Crippen LogP contribution is -2.24. The van der Waals surface area contributed by atoms with Gasteiger partial charge in [0.25, 0.3) is 0 Å². The monoisotopic (exact) mass is 326 g/mol. The number of hydrogen-bond acceptors (Lipinski definition) is 2. The van der Waals surface area contributed by atoms with Gasteiger partial charge < -0.3 is 5.32 Å². The van der Waals surface area contributed by atoms with Crippen molar-refractivity contribution in [2.45, 2.75) is 53.2 Å². The van der Waals surface area contributed by atoms with E-state index in [2.05, 4.69) is 72.0 Å². The first-order valence-corrected chi connectivity index (χ1v) is 8.09. The summed E-state index contributed by atoms with van der Waals surface area (Å²) in [6, 6.07) is 7.25. The normalized spacial score (nSPS) is 11.5. The van der Waals surface area contributed by atoms with E-state index in [1.807, 2.05) is 0 Å². The molecule has 0 spiro atoms. The average Bonchev–Trinajstić information content (AvgIpc) is 2.38. The Labute approximate surface area is 126 Å². The largest absolute Gasteiger partial charge is 0.310 e. The van der Waals surface area contributed by atoms with Crippen LogP contribution in [0.4, 0.5) is 0 Å². The lowest BCUT2D eigenvalue weighted by Gasteiger charge is -2.20.